The van der Waals surface area contributed by atoms with Crippen molar-refractivity contribution in [1.82, 2.24) is 0 Å². The van der Waals surface area contributed by atoms with E-state index in [2.05, 4.69) is 32.0 Å². The van der Waals surface area contributed by atoms with Gasteiger partial charge in [0.2, 0.25) is 0 Å². The van der Waals surface area contributed by atoms with Gasteiger partial charge in [0.1, 0.15) is 5.60 Å². The summed E-state index contributed by atoms with van der Waals surface area (Å²) in [4.78, 5) is 0. The van der Waals surface area contributed by atoms with Gasteiger partial charge in [0, 0.05) is 6.54 Å². The summed E-state index contributed by atoms with van der Waals surface area (Å²) in [7, 11) is 0. The number of rotatable bonds is 3. The Morgan fingerprint density at radius 2 is 1.80 bits per heavy atom. The molecule has 1 aliphatic carbocycles. The minimum absolute atomic E-state index is 0.320. The fourth-order valence-corrected chi connectivity index (χ4v) is 2.31. The van der Waals surface area contributed by atoms with Crippen LogP contribution in [0.15, 0.2) is 18.2 Å². The van der Waals surface area contributed by atoms with Crippen LogP contribution < -0.4 is 5.73 Å². The van der Waals surface area contributed by atoms with Crippen molar-refractivity contribution in [3.8, 4) is 0 Å². The molecule has 2 rings (SSSR count). The number of benzene rings is 1. The monoisotopic (exact) mass is 205 g/mol. The van der Waals surface area contributed by atoms with Crippen LogP contribution >= 0.6 is 0 Å². The highest BCUT2D eigenvalue weighted by atomic mass is 16.3. The van der Waals surface area contributed by atoms with Gasteiger partial charge in [-0.05, 0) is 38.2 Å². The second-order valence-electron chi connectivity index (χ2n) is 4.78. The lowest BCUT2D eigenvalue weighted by molar-refractivity contribution is 0.0221. The summed E-state index contributed by atoms with van der Waals surface area (Å²) >= 11 is 0. The number of nitrogens with two attached hydrogens (primary N) is 1. The summed E-state index contributed by atoms with van der Waals surface area (Å²) in [6.07, 6.45) is 2.20. The van der Waals surface area contributed by atoms with E-state index < -0.39 is 5.60 Å². The first kappa shape index (κ1) is 10.7. The first-order chi connectivity index (χ1) is 7.06. The number of aliphatic hydroxyl groups is 1. The van der Waals surface area contributed by atoms with Crippen LogP contribution in [0.4, 0.5) is 0 Å². The molecule has 2 nitrogen and oxygen atoms in total. The van der Waals surface area contributed by atoms with Gasteiger partial charge in [-0.1, -0.05) is 29.3 Å². The maximum Gasteiger partial charge on any atom is 0.105 e. The topological polar surface area (TPSA) is 46.2 Å². The maximum absolute atomic E-state index is 10.6. The summed E-state index contributed by atoms with van der Waals surface area (Å²) in [5, 5.41) is 10.6. The van der Waals surface area contributed by atoms with Crippen molar-refractivity contribution in [1.29, 1.82) is 0 Å². The first-order valence-corrected chi connectivity index (χ1v) is 5.57. The fraction of sp³-hybridized carbons (Fsp3) is 0.538. The zero-order valence-corrected chi connectivity index (χ0v) is 9.46. The summed E-state index contributed by atoms with van der Waals surface area (Å²) in [6.45, 7) is 4.43. The third-order valence-electron chi connectivity index (χ3n) is 3.29. The SMILES string of the molecule is Cc1cc(C)cc(C(O)(CN)C2CC2)c1. The minimum atomic E-state index is -0.795. The highest BCUT2D eigenvalue weighted by molar-refractivity contribution is 5.34. The molecule has 0 amide bonds. The number of aryl methyl sites for hydroxylation is 2. The molecule has 1 aromatic rings. The molecule has 0 aromatic heterocycles. The van der Waals surface area contributed by atoms with Crippen molar-refractivity contribution in [2.24, 2.45) is 11.7 Å². The van der Waals surface area contributed by atoms with E-state index in [1.54, 1.807) is 0 Å². The molecular formula is C13H19NO. The third-order valence-corrected chi connectivity index (χ3v) is 3.29. The molecular weight excluding hydrogens is 186 g/mol. The molecule has 0 radical (unpaired) electrons. The van der Waals surface area contributed by atoms with Gasteiger partial charge in [-0.25, -0.2) is 0 Å². The van der Waals surface area contributed by atoms with Crippen LogP contribution in [-0.2, 0) is 5.60 Å². The highest BCUT2D eigenvalue weighted by Crippen LogP contribution is 2.45. The van der Waals surface area contributed by atoms with Crippen LogP contribution in [0.5, 0.6) is 0 Å². The molecule has 0 bridgehead atoms. The van der Waals surface area contributed by atoms with E-state index in [1.165, 1.54) is 11.1 Å². The van der Waals surface area contributed by atoms with E-state index in [0.717, 1.165) is 18.4 Å². The number of hydrogen-bond donors (Lipinski definition) is 2. The fourth-order valence-electron chi connectivity index (χ4n) is 2.31. The lowest BCUT2D eigenvalue weighted by Gasteiger charge is -2.27. The van der Waals surface area contributed by atoms with E-state index in [-0.39, 0.29) is 0 Å². The second-order valence-corrected chi connectivity index (χ2v) is 4.78. The van der Waals surface area contributed by atoms with E-state index in [4.69, 9.17) is 5.73 Å². The van der Waals surface area contributed by atoms with Gasteiger partial charge in [-0.2, -0.15) is 0 Å². The maximum atomic E-state index is 10.6. The van der Waals surface area contributed by atoms with Crippen LogP contribution in [0, 0.1) is 19.8 Å². The second kappa shape index (κ2) is 3.62. The van der Waals surface area contributed by atoms with Gasteiger partial charge in [-0.3, -0.25) is 0 Å². The van der Waals surface area contributed by atoms with Gasteiger partial charge >= 0.3 is 0 Å². The molecule has 0 aliphatic heterocycles. The Balaban J connectivity index is 2.41. The molecule has 0 spiro atoms. The standard InChI is InChI=1S/C13H19NO/c1-9-5-10(2)7-12(6-9)13(15,8-14)11-3-4-11/h5-7,11,15H,3-4,8,14H2,1-2H3. The van der Waals surface area contributed by atoms with Crippen molar-refractivity contribution in [3.63, 3.8) is 0 Å². The normalized spacial score (nSPS) is 20.0. The van der Waals surface area contributed by atoms with Crippen molar-refractivity contribution in [2.75, 3.05) is 6.54 Å². The van der Waals surface area contributed by atoms with E-state index in [9.17, 15) is 5.11 Å². The Kier molecular flexibility index (Phi) is 2.57. The lowest BCUT2D eigenvalue weighted by atomic mass is 9.87. The van der Waals surface area contributed by atoms with Crippen LogP contribution in [-0.4, -0.2) is 11.7 Å². The molecule has 1 fully saturated rings. The van der Waals surface area contributed by atoms with Crippen molar-refractivity contribution < 1.29 is 5.11 Å². The Bertz CT molecular complexity index is 351. The molecule has 3 N–H and O–H groups in total. The predicted molar refractivity (Wildman–Crippen MR) is 61.6 cm³/mol. The quantitative estimate of drug-likeness (QED) is 0.791. The minimum Gasteiger partial charge on any atom is -0.384 e. The van der Waals surface area contributed by atoms with E-state index in [1.807, 2.05) is 0 Å². The molecule has 15 heavy (non-hydrogen) atoms. The van der Waals surface area contributed by atoms with Crippen LogP contribution in [0.2, 0.25) is 0 Å². The predicted octanol–water partition coefficient (Wildman–Crippen LogP) is 1.86. The molecule has 1 aliphatic rings. The Morgan fingerprint density at radius 3 is 2.20 bits per heavy atom. The van der Waals surface area contributed by atoms with Gasteiger partial charge in [0.15, 0.2) is 0 Å². The van der Waals surface area contributed by atoms with E-state index in [0.29, 0.717) is 12.5 Å². The Hall–Kier alpha value is -0.860. The average molecular weight is 205 g/mol. The summed E-state index contributed by atoms with van der Waals surface area (Å²) in [5.41, 5.74) is 8.31. The molecule has 1 aromatic carbocycles. The lowest BCUT2D eigenvalue weighted by Crippen LogP contribution is -2.37. The molecule has 1 saturated carbocycles. The van der Waals surface area contributed by atoms with E-state index >= 15 is 0 Å². The Labute approximate surface area is 91.1 Å². The van der Waals surface area contributed by atoms with Crippen molar-refractivity contribution >= 4 is 0 Å². The average Bonchev–Trinajstić information content (AvgIpc) is 2.98. The van der Waals surface area contributed by atoms with Gasteiger partial charge in [-0.15, -0.1) is 0 Å². The largest absolute Gasteiger partial charge is 0.384 e. The summed E-state index contributed by atoms with van der Waals surface area (Å²) in [5.74, 6) is 0.365. The van der Waals surface area contributed by atoms with Crippen molar-refractivity contribution in [3.05, 3.63) is 34.9 Å². The molecule has 1 atom stereocenters. The van der Waals surface area contributed by atoms with Crippen LogP contribution in [0.1, 0.15) is 29.5 Å². The van der Waals surface area contributed by atoms with Gasteiger partial charge < -0.3 is 10.8 Å². The zero-order chi connectivity index (χ0) is 11.1. The highest BCUT2D eigenvalue weighted by Gasteiger charge is 2.44. The molecule has 1 unspecified atom stereocenters. The molecule has 82 valence electrons. The zero-order valence-electron chi connectivity index (χ0n) is 9.46. The third kappa shape index (κ3) is 1.92. The first-order valence-electron chi connectivity index (χ1n) is 5.57. The van der Waals surface area contributed by atoms with Crippen molar-refractivity contribution in [2.45, 2.75) is 32.3 Å². The smallest absolute Gasteiger partial charge is 0.105 e. The summed E-state index contributed by atoms with van der Waals surface area (Å²) < 4.78 is 0. The van der Waals surface area contributed by atoms with Crippen LogP contribution in [0.25, 0.3) is 0 Å². The molecule has 2 heteroatoms. The Morgan fingerprint density at radius 1 is 1.27 bits per heavy atom. The number of hydrogen-bond acceptors (Lipinski definition) is 2. The van der Waals surface area contributed by atoms with Gasteiger partial charge in [0.25, 0.3) is 0 Å². The van der Waals surface area contributed by atoms with Crippen LogP contribution in [0.3, 0.4) is 0 Å². The van der Waals surface area contributed by atoms with Gasteiger partial charge in [0.05, 0.1) is 0 Å². The summed E-state index contributed by atoms with van der Waals surface area (Å²) in [6, 6.07) is 6.23. The molecule has 0 saturated heterocycles. The molecule has 0 heterocycles.